The normalized spacial score (nSPS) is 13.7. The Bertz CT molecular complexity index is 285. The Morgan fingerprint density at radius 2 is 1.95 bits per heavy atom. The fourth-order valence-electron chi connectivity index (χ4n) is 1.61. The van der Waals surface area contributed by atoms with E-state index in [2.05, 4.69) is 5.32 Å². The first kappa shape index (κ1) is 17.7. The lowest BCUT2D eigenvalue weighted by Gasteiger charge is -2.29. The van der Waals surface area contributed by atoms with Crippen molar-refractivity contribution in [1.82, 2.24) is 10.2 Å². The molecule has 0 spiro atoms. The molecule has 0 aromatic heterocycles. The number of carboxylic acid groups (broad SMARTS) is 1. The average Bonchev–Trinajstić information content (AvgIpc) is 2.36. The minimum Gasteiger partial charge on any atom is -0.480 e. The number of nitrogens with zero attached hydrogens (tertiary/aromatic N) is 1. The molecule has 0 aromatic rings. The van der Waals surface area contributed by atoms with Crippen LogP contribution in [0.5, 0.6) is 0 Å². The van der Waals surface area contributed by atoms with Crippen LogP contribution in [-0.4, -0.2) is 68.1 Å². The highest BCUT2D eigenvalue weighted by molar-refractivity contribution is 5.82. The van der Waals surface area contributed by atoms with Gasteiger partial charge in [0.05, 0.1) is 19.3 Å². The highest BCUT2D eigenvalue weighted by Gasteiger charge is 2.24. The number of nitrogens with one attached hydrogen (secondary N) is 1. The van der Waals surface area contributed by atoms with E-state index in [1.54, 1.807) is 21.1 Å². The molecule has 0 radical (unpaired) electrons. The van der Waals surface area contributed by atoms with E-state index < -0.39 is 18.0 Å². The van der Waals surface area contributed by atoms with Crippen LogP contribution in [-0.2, 0) is 14.3 Å². The van der Waals surface area contributed by atoms with Crippen molar-refractivity contribution >= 4 is 12.0 Å². The van der Waals surface area contributed by atoms with Crippen LogP contribution in [0.15, 0.2) is 0 Å². The second-order valence-electron chi connectivity index (χ2n) is 4.24. The summed E-state index contributed by atoms with van der Waals surface area (Å²) in [7, 11) is 3.10. The minimum atomic E-state index is -1.04. The topological polar surface area (TPSA) is 88.1 Å². The van der Waals surface area contributed by atoms with Gasteiger partial charge in [-0.3, -0.25) is 0 Å². The Balaban J connectivity index is 4.64. The van der Waals surface area contributed by atoms with Gasteiger partial charge in [-0.05, 0) is 13.3 Å². The first-order valence-electron chi connectivity index (χ1n) is 6.25. The van der Waals surface area contributed by atoms with Crippen LogP contribution >= 0.6 is 0 Å². The number of carbonyl (C=O) groups excluding carboxylic acids is 1. The van der Waals surface area contributed by atoms with Crippen molar-refractivity contribution in [3.63, 3.8) is 0 Å². The molecule has 0 saturated heterocycles. The van der Waals surface area contributed by atoms with Crippen molar-refractivity contribution in [2.75, 3.05) is 34.0 Å². The molecule has 0 aliphatic rings. The molecule has 0 fully saturated rings. The van der Waals surface area contributed by atoms with Gasteiger partial charge in [0.2, 0.25) is 0 Å². The van der Waals surface area contributed by atoms with Crippen molar-refractivity contribution < 1.29 is 24.2 Å². The highest BCUT2D eigenvalue weighted by Crippen LogP contribution is 2.02. The van der Waals surface area contributed by atoms with E-state index in [4.69, 9.17) is 14.6 Å². The lowest BCUT2D eigenvalue weighted by atomic mass is 10.2. The van der Waals surface area contributed by atoms with E-state index in [0.717, 1.165) is 0 Å². The fraction of sp³-hybridized carbons (Fsp3) is 0.833. The third-order valence-electron chi connectivity index (χ3n) is 2.74. The molecule has 0 bridgehead atoms. The largest absolute Gasteiger partial charge is 0.480 e. The van der Waals surface area contributed by atoms with E-state index in [1.807, 2.05) is 6.92 Å². The van der Waals surface area contributed by atoms with Crippen LogP contribution in [0.1, 0.15) is 20.3 Å². The smallest absolute Gasteiger partial charge is 0.326 e. The number of carboxylic acids is 1. The van der Waals surface area contributed by atoms with Crippen molar-refractivity contribution in [3.8, 4) is 0 Å². The molecule has 0 aliphatic carbocycles. The fourth-order valence-corrected chi connectivity index (χ4v) is 1.61. The van der Waals surface area contributed by atoms with Gasteiger partial charge in [-0.25, -0.2) is 9.59 Å². The Labute approximate surface area is 113 Å². The number of aliphatic carboxylic acids is 1. The van der Waals surface area contributed by atoms with E-state index in [0.29, 0.717) is 26.2 Å². The lowest BCUT2D eigenvalue weighted by Crippen LogP contribution is -2.52. The Kier molecular flexibility index (Phi) is 8.90. The second-order valence-corrected chi connectivity index (χ2v) is 4.24. The first-order valence-corrected chi connectivity index (χ1v) is 6.25. The third kappa shape index (κ3) is 6.40. The number of urea groups is 1. The van der Waals surface area contributed by atoms with Crippen molar-refractivity contribution in [2.24, 2.45) is 0 Å². The third-order valence-corrected chi connectivity index (χ3v) is 2.74. The van der Waals surface area contributed by atoms with Crippen molar-refractivity contribution in [2.45, 2.75) is 32.4 Å². The standard InChI is InChI=1S/C12H24N2O5/c1-5-10(11(15)16)13-12(17)14(6-7-18-3)9(2)8-19-4/h9-10H,5-8H2,1-4H3,(H,13,17)(H,15,16). The molecule has 2 atom stereocenters. The summed E-state index contributed by atoms with van der Waals surface area (Å²) in [5.74, 6) is -1.04. The van der Waals surface area contributed by atoms with E-state index in [1.165, 1.54) is 4.90 Å². The van der Waals surface area contributed by atoms with Gasteiger partial charge in [0, 0.05) is 20.8 Å². The summed E-state index contributed by atoms with van der Waals surface area (Å²) < 4.78 is 9.97. The van der Waals surface area contributed by atoms with Crippen molar-refractivity contribution in [1.29, 1.82) is 0 Å². The summed E-state index contributed by atoms with van der Waals surface area (Å²) in [4.78, 5) is 24.5. The quantitative estimate of drug-likeness (QED) is 0.642. The summed E-state index contributed by atoms with van der Waals surface area (Å²) in [6.07, 6.45) is 0.331. The molecule has 7 nitrogen and oxygen atoms in total. The highest BCUT2D eigenvalue weighted by atomic mass is 16.5. The predicted octanol–water partition coefficient (Wildman–Crippen LogP) is 0.543. The second kappa shape index (κ2) is 9.57. The van der Waals surface area contributed by atoms with Gasteiger partial charge in [0.15, 0.2) is 0 Å². The van der Waals surface area contributed by atoms with Crippen LogP contribution in [0, 0.1) is 0 Å². The van der Waals surface area contributed by atoms with Crippen LogP contribution in [0.2, 0.25) is 0 Å². The summed E-state index contributed by atoms with van der Waals surface area (Å²) in [6, 6.07) is -1.46. The first-order chi connectivity index (χ1) is 8.97. The maximum atomic E-state index is 12.1. The van der Waals surface area contributed by atoms with E-state index in [9.17, 15) is 9.59 Å². The van der Waals surface area contributed by atoms with Gasteiger partial charge >= 0.3 is 12.0 Å². The monoisotopic (exact) mass is 276 g/mol. The number of hydrogen-bond donors (Lipinski definition) is 2. The number of hydrogen-bond acceptors (Lipinski definition) is 4. The zero-order chi connectivity index (χ0) is 14.8. The average molecular weight is 276 g/mol. The molecule has 2 amide bonds. The number of methoxy groups -OCH3 is 2. The molecule has 0 saturated carbocycles. The van der Waals surface area contributed by atoms with E-state index in [-0.39, 0.29) is 6.04 Å². The van der Waals surface area contributed by atoms with Crippen LogP contribution in [0.25, 0.3) is 0 Å². The SMILES string of the molecule is CCC(NC(=O)N(CCOC)C(C)COC)C(=O)O. The van der Waals surface area contributed by atoms with Gasteiger partial charge in [-0.2, -0.15) is 0 Å². The summed E-state index contributed by atoms with van der Waals surface area (Å²) in [6.45, 7) is 4.67. The number of rotatable bonds is 9. The molecular formula is C12H24N2O5. The number of ether oxygens (including phenoxy) is 2. The molecule has 0 rings (SSSR count). The van der Waals surface area contributed by atoms with E-state index >= 15 is 0 Å². The van der Waals surface area contributed by atoms with Crippen molar-refractivity contribution in [3.05, 3.63) is 0 Å². The van der Waals surface area contributed by atoms with Gasteiger partial charge in [0.1, 0.15) is 6.04 Å². The maximum Gasteiger partial charge on any atom is 0.326 e. The van der Waals surface area contributed by atoms with Gasteiger partial charge < -0.3 is 24.8 Å². The molecule has 0 aliphatic heterocycles. The zero-order valence-corrected chi connectivity index (χ0v) is 12.0. The lowest BCUT2D eigenvalue weighted by molar-refractivity contribution is -0.139. The molecule has 0 aromatic carbocycles. The van der Waals surface area contributed by atoms with Crippen LogP contribution < -0.4 is 5.32 Å². The molecule has 2 unspecified atom stereocenters. The maximum absolute atomic E-state index is 12.1. The molecule has 7 heteroatoms. The summed E-state index contributed by atoms with van der Waals surface area (Å²) in [5.41, 5.74) is 0. The van der Waals surface area contributed by atoms with Gasteiger partial charge in [-0.15, -0.1) is 0 Å². The molecule has 19 heavy (non-hydrogen) atoms. The molecular weight excluding hydrogens is 252 g/mol. The zero-order valence-electron chi connectivity index (χ0n) is 12.0. The Morgan fingerprint density at radius 1 is 1.32 bits per heavy atom. The number of carbonyl (C=O) groups is 2. The van der Waals surface area contributed by atoms with Crippen LogP contribution in [0.3, 0.4) is 0 Å². The Morgan fingerprint density at radius 3 is 2.37 bits per heavy atom. The number of amides is 2. The minimum absolute atomic E-state index is 0.161. The molecule has 2 N–H and O–H groups in total. The predicted molar refractivity (Wildman–Crippen MR) is 70.2 cm³/mol. The molecule has 0 heterocycles. The van der Waals surface area contributed by atoms with Gasteiger partial charge in [0.25, 0.3) is 0 Å². The summed E-state index contributed by atoms with van der Waals surface area (Å²) in [5, 5.41) is 11.4. The Hall–Kier alpha value is -1.34. The summed E-state index contributed by atoms with van der Waals surface area (Å²) >= 11 is 0. The van der Waals surface area contributed by atoms with Crippen LogP contribution in [0.4, 0.5) is 4.79 Å². The van der Waals surface area contributed by atoms with Gasteiger partial charge in [-0.1, -0.05) is 6.92 Å². The molecule has 112 valence electrons.